The van der Waals surface area contributed by atoms with Crippen LogP contribution in [0, 0.1) is 20.8 Å². The van der Waals surface area contributed by atoms with Crippen molar-refractivity contribution >= 4 is 0 Å². The minimum Gasteiger partial charge on any atom is -0.307 e. The number of nitrogens with one attached hydrogen (secondary N) is 1. The molecule has 0 amide bonds. The molecule has 1 aromatic rings. The third-order valence-electron chi connectivity index (χ3n) is 4.49. The van der Waals surface area contributed by atoms with Gasteiger partial charge in [-0.1, -0.05) is 37.0 Å². The van der Waals surface area contributed by atoms with Gasteiger partial charge in [0.15, 0.2) is 0 Å². The van der Waals surface area contributed by atoms with Crippen molar-refractivity contribution < 1.29 is 0 Å². The Kier molecular flexibility index (Phi) is 4.11. The lowest BCUT2D eigenvalue weighted by Gasteiger charge is -2.35. The van der Waals surface area contributed by atoms with Gasteiger partial charge in [0.25, 0.3) is 0 Å². The molecular formula is C17H27N. The molecule has 18 heavy (non-hydrogen) atoms. The Labute approximate surface area is 112 Å². The van der Waals surface area contributed by atoms with Crippen LogP contribution in [0.15, 0.2) is 12.1 Å². The van der Waals surface area contributed by atoms with Gasteiger partial charge in [0.1, 0.15) is 0 Å². The number of benzene rings is 1. The Morgan fingerprint density at radius 1 is 1.00 bits per heavy atom. The summed E-state index contributed by atoms with van der Waals surface area (Å²) in [6.45, 7) is 10.1. The molecule has 100 valence electrons. The molecule has 0 unspecified atom stereocenters. The Morgan fingerprint density at radius 2 is 1.56 bits per heavy atom. The van der Waals surface area contributed by atoms with Crippen LogP contribution in [0.3, 0.4) is 0 Å². The molecule has 2 rings (SSSR count). The van der Waals surface area contributed by atoms with E-state index in [1.54, 1.807) is 0 Å². The van der Waals surface area contributed by atoms with Crippen LogP contribution in [-0.4, -0.2) is 5.54 Å². The van der Waals surface area contributed by atoms with Gasteiger partial charge >= 0.3 is 0 Å². The summed E-state index contributed by atoms with van der Waals surface area (Å²) in [7, 11) is 0. The molecule has 1 aromatic carbocycles. The predicted octanol–water partition coefficient (Wildman–Crippen LogP) is 4.42. The SMILES string of the molecule is Cc1cc(C)c(CNC2(C)CCCCC2)c(C)c1. The highest BCUT2D eigenvalue weighted by Gasteiger charge is 2.25. The van der Waals surface area contributed by atoms with E-state index in [-0.39, 0.29) is 0 Å². The van der Waals surface area contributed by atoms with Gasteiger partial charge < -0.3 is 5.32 Å². The van der Waals surface area contributed by atoms with Crippen molar-refractivity contribution in [1.82, 2.24) is 5.32 Å². The molecular weight excluding hydrogens is 218 g/mol. The van der Waals surface area contributed by atoms with Gasteiger partial charge in [-0.05, 0) is 57.2 Å². The van der Waals surface area contributed by atoms with Gasteiger partial charge in [0.2, 0.25) is 0 Å². The van der Waals surface area contributed by atoms with Crippen LogP contribution >= 0.6 is 0 Å². The summed E-state index contributed by atoms with van der Waals surface area (Å²) in [5.41, 5.74) is 6.09. The zero-order valence-electron chi connectivity index (χ0n) is 12.4. The van der Waals surface area contributed by atoms with Crippen LogP contribution in [0.25, 0.3) is 0 Å². The second-order valence-electron chi connectivity index (χ2n) is 6.35. The first-order valence-electron chi connectivity index (χ1n) is 7.32. The molecule has 1 nitrogen and oxygen atoms in total. The fourth-order valence-electron chi connectivity index (χ4n) is 3.30. The topological polar surface area (TPSA) is 12.0 Å². The molecule has 0 heterocycles. The minimum atomic E-state index is 0.363. The number of hydrogen-bond donors (Lipinski definition) is 1. The van der Waals surface area contributed by atoms with E-state index in [1.165, 1.54) is 54.4 Å². The molecule has 1 saturated carbocycles. The molecule has 0 spiro atoms. The van der Waals surface area contributed by atoms with Crippen LogP contribution in [0.5, 0.6) is 0 Å². The zero-order valence-corrected chi connectivity index (χ0v) is 12.4. The van der Waals surface area contributed by atoms with Crippen LogP contribution in [-0.2, 0) is 6.54 Å². The Bertz CT molecular complexity index is 391. The van der Waals surface area contributed by atoms with E-state index in [0.717, 1.165) is 6.54 Å². The summed E-state index contributed by atoms with van der Waals surface area (Å²) < 4.78 is 0. The molecule has 1 aliphatic rings. The van der Waals surface area contributed by atoms with E-state index >= 15 is 0 Å². The smallest absolute Gasteiger partial charge is 0.0215 e. The Morgan fingerprint density at radius 3 is 2.11 bits per heavy atom. The first-order valence-corrected chi connectivity index (χ1v) is 7.32. The highest BCUT2D eigenvalue weighted by Crippen LogP contribution is 2.28. The van der Waals surface area contributed by atoms with Gasteiger partial charge in [-0.3, -0.25) is 0 Å². The number of aryl methyl sites for hydroxylation is 3. The van der Waals surface area contributed by atoms with E-state index in [0.29, 0.717) is 5.54 Å². The molecule has 0 atom stereocenters. The molecule has 0 radical (unpaired) electrons. The van der Waals surface area contributed by atoms with Crippen molar-refractivity contribution in [1.29, 1.82) is 0 Å². The monoisotopic (exact) mass is 245 g/mol. The summed E-state index contributed by atoms with van der Waals surface area (Å²) >= 11 is 0. The Balaban J connectivity index is 2.06. The van der Waals surface area contributed by atoms with Crippen LogP contribution in [0.2, 0.25) is 0 Å². The molecule has 1 fully saturated rings. The van der Waals surface area contributed by atoms with Crippen molar-refractivity contribution in [3.63, 3.8) is 0 Å². The molecule has 1 N–H and O–H groups in total. The van der Waals surface area contributed by atoms with Gasteiger partial charge in [-0.2, -0.15) is 0 Å². The average molecular weight is 245 g/mol. The van der Waals surface area contributed by atoms with Crippen LogP contribution in [0.4, 0.5) is 0 Å². The fourth-order valence-corrected chi connectivity index (χ4v) is 3.30. The van der Waals surface area contributed by atoms with Crippen molar-refractivity contribution in [3.8, 4) is 0 Å². The average Bonchev–Trinajstić information content (AvgIpc) is 2.28. The van der Waals surface area contributed by atoms with Crippen molar-refractivity contribution in [2.75, 3.05) is 0 Å². The fraction of sp³-hybridized carbons (Fsp3) is 0.647. The quantitative estimate of drug-likeness (QED) is 0.831. The van der Waals surface area contributed by atoms with E-state index in [1.807, 2.05) is 0 Å². The highest BCUT2D eigenvalue weighted by atomic mass is 15.0. The van der Waals surface area contributed by atoms with Crippen molar-refractivity contribution in [2.45, 2.75) is 71.9 Å². The normalized spacial score (nSPS) is 18.9. The summed E-state index contributed by atoms with van der Waals surface area (Å²) in [6.07, 6.45) is 6.85. The summed E-state index contributed by atoms with van der Waals surface area (Å²) in [6, 6.07) is 4.60. The molecule has 1 aliphatic carbocycles. The lowest BCUT2D eigenvalue weighted by atomic mass is 9.83. The van der Waals surface area contributed by atoms with Crippen LogP contribution < -0.4 is 5.32 Å². The highest BCUT2D eigenvalue weighted by molar-refractivity contribution is 5.37. The second-order valence-corrected chi connectivity index (χ2v) is 6.35. The van der Waals surface area contributed by atoms with E-state index in [9.17, 15) is 0 Å². The number of rotatable bonds is 3. The third-order valence-corrected chi connectivity index (χ3v) is 4.49. The maximum atomic E-state index is 3.82. The first-order chi connectivity index (χ1) is 8.50. The lowest BCUT2D eigenvalue weighted by Crippen LogP contribution is -2.43. The third kappa shape index (κ3) is 3.14. The molecule has 0 bridgehead atoms. The van der Waals surface area contributed by atoms with Crippen molar-refractivity contribution in [2.24, 2.45) is 0 Å². The van der Waals surface area contributed by atoms with Crippen LogP contribution in [0.1, 0.15) is 61.3 Å². The zero-order chi connectivity index (χ0) is 13.2. The molecule has 0 aliphatic heterocycles. The van der Waals surface area contributed by atoms with Crippen molar-refractivity contribution in [3.05, 3.63) is 34.4 Å². The largest absolute Gasteiger partial charge is 0.307 e. The van der Waals surface area contributed by atoms with Gasteiger partial charge in [-0.25, -0.2) is 0 Å². The maximum Gasteiger partial charge on any atom is 0.0215 e. The Hall–Kier alpha value is -0.820. The molecule has 0 aromatic heterocycles. The summed E-state index contributed by atoms with van der Waals surface area (Å²) in [5.74, 6) is 0. The van der Waals surface area contributed by atoms with E-state index in [4.69, 9.17) is 0 Å². The van der Waals surface area contributed by atoms with E-state index < -0.39 is 0 Å². The predicted molar refractivity (Wildman–Crippen MR) is 79.0 cm³/mol. The molecule has 0 saturated heterocycles. The minimum absolute atomic E-state index is 0.363. The second kappa shape index (κ2) is 5.44. The summed E-state index contributed by atoms with van der Waals surface area (Å²) in [4.78, 5) is 0. The lowest BCUT2D eigenvalue weighted by molar-refractivity contribution is 0.252. The molecule has 1 heteroatoms. The summed E-state index contributed by atoms with van der Waals surface area (Å²) in [5, 5.41) is 3.82. The van der Waals surface area contributed by atoms with Gasteiger partial charge in [-0.15, -0.1) is 0 Å². The van der Waals surface area contributed by atoms with Gasteiger partial charge in [0, 0.05) is 12.1 Å². The number of hydrogen-bond acceptors (Lipinski definition) is 1. The standard InChI is InChI=1S/C17H27N/c1-13-10-14(2)16(15(3)11-13)12-18-17(4)8-6-5-7-9-17/h10-11,18H,5-9,12H2,1-4H3. The first kappa shape index (κ1) is 13.6. The van der Waals surface area contributed by atoms with E-state index in [2.05, 4.69) is 45.1 Å². The maximum absolute atomic E-state index is 3.82. The van der Waals surface area contributed by atoms with Gasteiger partial charge in [0.05, 0.1) is 0 Å².